The van der Waals surface area contributed by atoms with E-state index in [2.05, 4.69) is 20.7 Å². The van der Waals surface area contributed by atoms with Crippen LogP contribution in [-0.2, 0) is 6.18 Å². The first kappa shape index (κ1) is 23.1. The summed E-state index contributed by atoms with van der Waals surface area (Å²) in [5, 5.41) is 10.5. The molecular formula is C24H20ClF3N6O. The summed E-state index contributed by atoms with van der Waals surface area (Å²) in [6.45, 7) is 2.16. The Morgan fingerprint density at radius 1 is 1.09 bits per heavy atom. The van der Waals surface area contributed by atoms with Crippen molar-refractivity contribution in [3.63, 3.8) is 0 Å². The molecule has 0 spiro atoms. The first-order valence-corrected chi connectivity index (χ1v) is 11.3. The molecule has 0 radical (unpaired) electrons. The van der Waals surface area contributed by atoms with Gasteiger partial charge in [0.05, 0.1) is 11.8 Å². The molecule has 0 saturated carbocycles. The summed E-state index contributed by atoms with van der Waals surface area (Å²) in [6.07, 6.45) is -1.39. The van der Waals surface area contributed by atoms with Gasteiger partial charge in [-0.2, -0.15) is 18.3 Å². The van der Waals surface area contributed by atoms with Crippen LogP contribution in [0.2, 0.25) is 5.02 Å². The van der Waals surface area contributed by atoms with Crippen LogP contribution >= 0.6 is 11.6 Å². The normalized spacial score (nSPS) is 14.3. The third-order valence-electron chi connectivity index (χ3n) is 5.75. The van der Waals surface area contributed by atoms with Crippen LogP contribution in [0.25, 0.3) is 16.8 Å². The fourth-order valence-electron chi connectivity index (χ4n) is 4.07. The fourth-order valence-corrected chi connectivity index (χ4v) is 4.26. The maximum absolute atomic E-state index is 13.8. The van der Waals surface area contributed by atoms with Gasteiger partial charge in [0.1, 0.15) is 5.69 Å². The number of hydrogen-bond acceptors (Lipinski definition) is 5. The van der Waals surface area contributed by atoms with Gasteiger partial charge in [-0.15, -0.1) is 0 Å². The van der Waals surface area contributed by atoms with E-state index < -0.39 is 17.6 Å². The molecule has 1 aliphatic rings. The zero-order valence-electron chi connectivity index (χ0n) is 18.3. The third kappa shape index (κ3) is 4.80. The highest BCUT2D eigenvalue weighted by atomic mass is 35.5. The highest BCUT2D eigenvalue weighted by molar-refractivity contribution is 6.30. The fraction of sp³-hybridized carbons (Fsp3) is 0.208. The summed E-state index contributed by atoms with van der Waals surface area (Å²) >= 11 is 6.09. The number of benzene rings is 2. The van der Waals surface area contributed by atoms with Crippen molar-refractivity contribution in [3.8, 4) is 11.1 Å². The summed E-state index contributed by atoms with van der Waals surface area (Å²) < 4.78 is 43.0. The van der Waals surface area contributed by atoms with E-state index in [1.54, 1.807) is 35.5 Å². The average molecular weight is 501 g/mol. The summed E-state index contributed by atoms with van der Waals surface area (Å²) in [4.78, 5) is 19.0. The number of carbonyl (C=O) groups excluding carboxylic acids is 1. The van der Waals surface area contributed by atoms with Crippen LogP contribution in [-0.4, -0.2) is 46.7 Å². The molecule has 2 aromatic heterocycles. The number of aromatic nitrogens is 3. The Morgan fingerprint density at radius 2 is 1.89 bits per heavy atom. The molecule has 7 nitrogen and oxygen atoms in total. The van der Waals surface area contributed by atoms with E-state index in [1.807, 2.05) is 6.07 Å². The summed E-state index contributed by atoms with van der Waals surface area (Å²) in [6, 6.07) is 12.4. The predicted octanol–water partition coefficient (Wildman–Crippen LogP) is 4.73. The van der Waals surface area contributed by atoms with Crippen molar-refractivity contribution in [3.05, 3.63) is 77.2 Å². The Bertz CT molecular complexity index is 1400. The number of hydrogen-bond donors (Lipinski definition) is 2. The molecule has 1 saturated heterocycles. The zero-order valence-corrected chi connectivity index (χ0v) is 19.1. The Kier molecular flexibility index (Phi) is 6.08. The SMILES string of the molecule is O=C(Nc1ccc(N2CCNCC2)c(C(F)(F)F)c1)c1ccn2ncc(-c3cccc(Cl)c3)c2n1. The molecule has 0 unspecified atom stereocenters. The first-order chi connectivity index (χ1) is 16.8. The number of nitrogens with zero attached hydrogens (tertiary/aromatic N) is 4. The monoisotopic (exact) mass is 500 g/mol. The minimum absolute atomic E-state index is 0.0338. The number of alkyl halides is 3. The molecule has 180 valence electrons. The second kappa shape index (κ2) is 9.20. The van der Waals surface area contributed by atoms with Crippen molar-refractivity contribution >= 4 is 34.5 Å². The van der Waals surface area contributed by atoms with E-state index in [1.165, 1.54) is 22.7 Å². The van der Waals surface area contributed by atoms with Gasteiger partial charge in [-0.1, -0.05) is 23.7 Å². The molecule has 1 aliphatic heterocycles. The van der Waals surface area contributed by atoms with Gasteiger partial charge in [-0.25, -0.2) is 9.50 Å². The van der Waals surface area contributed by atoms with E-state index in [-0.39, 0.29) is 17.1 Å². The van der Waals surface area contributed by atoms with Crippen molar-refractivity contribution in [2.24, 2.45) is 0 Å². The van der Waals surface area contributed by atoms with Crippen LogP contribution in [0.4, 0.5) is 24.5 Å². The van der Waals surface area contributed by atoms with Crippen molar-refractivity contribution < 1.29 is 18.0 Å². The molecule has 5 rings (SSSR count). The molecule has 2 N–H and O–H groups in total. The summed E-state index contributed by atoms with van der Waals surface area (Å²) in [5.41, 5.74) is 1.25. The Labute approximate surface area is 203 Å². The Hall–Kier alpha value is -3.63. The van der Waals surface area contributed by atoms with E-state index >= 15 is 0 Å². The number of rotatable bonds is 4. The van der Waals surface area contributed by atoms with Crippen LogP contribution in [0.5, 0.6) is 0 Å². The highest BCUT2D eigenvalue weighted by Crippen LogP contribution is 2.38. The quantitative estimate of drug-likeness (QED) is 0.424. The van der Waals surface area contributed by atoms with Gasteiger partial charge in [0.25, 0.3) is 5.91 Å². The number of nitrogens with one attached hydrogen (secondary N) is 2. The lowest BCUT2D eigenvalue weighted by molar-refractivity contribution is -0.137. The molecule has 4 aromatic rings. The maximum atomic E-state index is 13.8. The Balaban J connectivity index is 1.44. The van der Waals surface area contributed by atoms with E-state index in [4.69, 9.17) is 11.6 Å². The second-order valence-electron chi connectivity index (χ2n) is 8.07. The van der Waals surface area contributed by atoms with Crippen LogP contribution < -0.4 is 15.5 Å². The van der Waals surface area contributed by atoms with E-state index in [0.717, 1.165) is 11.6 Å². The topological polar surface area (TPSA) is 74.6 Å². The van der Waals surface area contributed by atoms with Gasteiger partial charge in [-0.3, -0.25) is 4.79 Å². The molecule has 11 heteroatoms. The standard InChI is InChI=1S/C24H20ClF3N6O/c25-16-3-1-2-15(12-16)18-14-30-34-9-6-20(32-22(18)34)23(35)31-17-4-5-21(19(13-17)24(26,27)28)33-10-7-29-8-11-33/h1-6,9,12-14,29H,7-8,10-11H2,(H,31,35). The van der Waals surface area contributed by atoms with Gasteiger partial charge in [0.15, 0.2) is 5.65 Å². The van der Waals surface area contributed by atoms with Gasteiger partial charge >= 0.3 is 6.18 Å². The van der Waals surface area contributed by atoms with Crippen molar-refractivity contribution in [1.82, 2.24) is 19.9 Å². The second-order valence-corrected chi connectivity index (χ2v) is 8.51. The van der Waals surface area contributed by atoms with Gasteiger partial charge in [0.2, 0.25) is 0 Å². The lowest BCUT2D eigenvalue weighted by Gasteiger charge is -2.31. The Morgan fingerprint density at radius 3 is 2.63 bits per heavy atom. The maximum Gasteiger partial charge on any atom is 0.418 e. The van der Waals surface area contributed by atoms with E-state index in [0.29, 0.717) is 42.4 Å². The van der Waals surface area contributed by atoms with Crippen molar-refractivity contribution in [2.75, 3.05) is 36.4 Å². The molecule has 1 fully saturated rings. The predicted molar refractivity (Wildman–Crippen MR) is 128 cm³/mol. The van der Waals surface area contributed by atoms with Crippen molar-refractivity contribution in [2.45, 2.75) is 6.18 Å². The molecule has 1 amide bonds. The van der Waals surface area contributed by atoms with Gasteiger partial charge in [0, 0.05) is 54.3 Å². The summed E-state index contributed by atoms with van der Waals surface area (Å²) in [7, 11) is 0. The molecule has 0 aliphatic carbocycles. The van der Waals surface area contributed by atoms with E-state index in [9.17, 15) is 18.0 Å². The lowest BCUT2D eigenvalue weighted by Crippen LogP contribution is -2.44. The number of amides is 1. The summed E-state index contributed by atoms with van der Waals surface area (Å²) in [5.74, 6) is -0.631. The molecule has 0 atom stereocenters. The van der Waals surface area contributed by atoms with Crippen LogP contribution in [0, 0.1) is 0 Å². The third-order valence-corrected chi connectivity index (χ3v) is 5.99. The number of carbonyl (C=O) groups is 1. The molecule has 35 heavy (non-hydrogen) atoms. The van der Waals surface area contributed by atoms with Gasteiger partial charge < -0.3 is 15.5 Å². The van der Waals surface area contributed by atoms with Crippen LogP contribution in [0.3, 0.4) is 0 Å². The largest absolute Gasteiger partial charge is 0.418 e. The van der Waals surface area contributed by atoms with Gasteiger partial charge in [-0.05, 0) is 42.0 Å². The van der Waals surface area contributed by atoms with Crippen molar-refractivity contribution in [1.29, 1.82) is 0 Å². The van der Waals surface area contributed by atoms with Crippen LogP contribution in [0.1, 0.15) is 16.1 Å². The number of halogens is 4. The molecule has 2 aromatic carbocycles. The molecule has 3 heterocycles. The average Bonchev–Trinajstić information content (AvgIpc) is 3.27. The minimum atomic E-state index is -4.57. The zero-order chi connectivity index (χ0) is 24.6. The minimum Gasteiger partial charge on any atom is -0.368 e. The first-order valence-electron chi connectivity index (χ1n) is 10.9. The van der Waals surface area contributed by atoms with Crippen LogP contribution in [0.15, 0.2) is 60.9 Å². The lowest BCUT2D eigenvalue weighted by atomic mass is 10.1. The number of anilines is 2. The smallest absolute Gasteiger partial charge is 0.368 e. The molecular weight excluding hydrogens is 481 g/mol. The number of fused-ring (bicyclic) bond motifs is 1. The number of piperazine rings is 1. The molecule has 0 bridgehead atoms. The highest BCUT2D eigenvalue weighted by Gasteiger charge is 2.35.